The predicted molar refractivity (Wildman–Crippen MR) is 127 cm³/mol. The lowest BCUT2D eigenvalue weighted by Crippen LogP contribution is -2.40. The fourth-order valence-corrected chi connectivity index (χ4v) is 2.98. The van der Waals surface area contributed by atoms with Gasteiger partial charge in [0.25, 0.3) is 0 Å². The molecular weight excluding hydrogens is 458 g/mol. The average Bonchev–Trinajstić information content (AvgIpc) is 2.78. The SMILES string of the molecule is CCC(C)OC(=O)OCC(C)C(c1ccc(OC(=O)C(C)C)c(OC(=O)C(C)C)c1)[C@H](N)C(=O)O. The second-order valence-corrected chi connectivity index (χ2v) is 9.12. The van der Waals surface area contributed by atoms with Crippen molar-refractivity contribution in [3.63, 3.8) is 0 Å². The van der Waals surface area contributed by atoms with Gasteiger partial charge in [0.15, 0.2) is 11.5 Å². The number of esters is 2. The van der Waals surface area contributed by atoms with Gasteiger partial charge in [-0.15, -0.1) is 0 Å². The van der Waals surface area contributed by atoms with Gasteiger partial charge in [-0.3, -0.25) is 14.4 Å². The van der Waals surface area contributed by atoms with E-state index in [9.17, 15) is 24.3 Å². The molecule has 0 aliphatic rings. The molecule has 3 unspecified atom stereocenters. The number of carboxylic acids is 1. The molecule has 0 aliphatic heterocycles. The Hall–Kier alpha value is -3.14. The lowest BCUT2D eigenvalue weighted by atomic mass is 9.82. The monoisotopic (exact) mass is 495 g/mol. The zero-order chi connectivity index (χ0) is 26.9. The van der Waals surface area contributed by atoms with Crippen LogP contribution in [0.3, 0.4) is 0 Å². The molecule has 0 aliphatic carbocycles. The molecule has 1 aromatic rings. The van der Waals surface area contributed by atoms with E-state index in [4.69, 9.17) is 24.7 Å². The summed E-state index contributed by atoms with van der Waals surface area (Å²) < 4.78 is 21.1. The molecule has 0 saturated carbocycles. The molecule has 10 nitrogen and oxygen atoms in total. The third-order valence-corrected chi connectivity index (χ3v) is 5.34. The molecular formula is C25H37NO9. The molecule has 1 aromatic carbocycles. The van der Waals surface area contributed by atoms with E-state index in [1.165, 1.54) is 18.2 Å². The first-order chi connectivity index (χ1) is 16.3. The molecule has 0 bridgehead atoms. The van der Waals surface area contributed by atoms with Crippen molar-refractivity contribution in [1.82, 2.24) is 0 Å². The molecule has 0 aromatic heterocycles. The topological polar surface area (TPSA) is 151 Å². The number of benzene rings is 1. The summed E-state index contributed by atoms with van der Waals surface area (Å²) in [6.07, 6.45) is -0.575. The first kappa shape index (κ1) is 29.9. The van der Waals surface area contributed by atoms with Crippen LogP contribution in [0.15, 0.2) is 18.2 Å². The maximum absolute atomic E-state index is 12.3. The van der Waals surface area contributed by atoms with Crippen LogP contribution in [-0.2, 0) is 23.9 Å². The van der Waals surface area contributed by atoms with Crippen LogP contribution in [0.25, 0.3) is 0 Å². The number of hydrogen-bond acceptors (Lipinski definition) is 9. The van der Waals surface area contributed by atoms with Gasteiger partial charge in [-0.2, -0.15) is 0 Å². The third kappa shape index (κ3) is 9.20. The van der Waals surface area contributed by atoms with Crippen LogP contribution in [0, 0.1) is 17.8 Å². The first-order valence-corrected chi connectivity index (χ1v) is 11.7. The Kier molecular flexibility index (Phi) is 11.7. The molecule has 0 heterocycles. The number of carbonyl (C=O) groups is 4. The Morgan fingerprint density at radius 1 is 0.914 bits per heavy atom. The summed E-state index contributed by atoms with van der Waals surface area (Å²) in [4.78, 5) is 48.1. The Balaban J connectivity index is 3.32. The Morgan fingerprint density at radius 2 is 1.46 bits per heavy atom. The summed E-state index contributed by atoms with van der Waals surface area (Å²) in [5, 5.41) is 9.60. The fraction of sp³-hybridized carbons (Fsp3) is 0.600. The number of ether oxygens (including phenoxy) is 4. The predicted octanol–water partition coefficient (Wildman–Crippen LogP) is 3.89. The summed E-state index contributed by atoms with van der Waals surface area (Å²) >= 11 is 0. The van der Waals surface area contributed by atoms with E-state index in [1.54, 1.807) is 41.5 Å². The maximum Gasteiger partial charge on any atom is 0.508 e. The zero-order valence-electron chi connectivity index (χ0n) is 21.4. The van der Waals surface area contributed by atoms with Gasteiger partial charge in [-0.25, -0.2) is 4.79 Å². The lowest BCUT2D eigenvalue weighted by Gasteiger charge is -2.28. The van der Waals surface area contributed by atoms with Gasteiger partial charge in [-0.1, -0.05) is 47.6 Å². The Labute approximate surface area is 206 Å². The maximum atomic E-state index is 12.3. The highest BCUT2D eigenvalue weighted by molar-refractivity contribution is 5.78. The van der Waals surface area contributed by atoms with Crippen LogP contribution < -0.4 is 15.2 Å². The minimum absolute atomic E-state index is 0.0186. The summed E-state index contributed by atoms with van der Waals surface area (Å²) in [7, 11) is 0. The Morgan fingerprint density at radius 3 is 1.94 bits per heavy atom. The summed E-state index contributed by atoms with van der Waals surface area (Å²) in [5.41, 5.74) is 6.40. The quantitative estimate of drug-likeness (QED) is 0.323. The van der Waals surface area contributed by atoms with Crippen molar-refractivity contribution >= 4 is 24.1 Å². The highest BCUT2D eigenvalue weighted by Gasteiger charge is 2.33. The van der Waals surface area contributed by atoms with Crippen molar-refractivity contribution in [2.45, 2.75) is 73.0 Å². The van der Waals surface area contributed by atoms with Crippen LogP contribution in [0.5, 0.6) is 11.5 Å². The second kappa shape index (κ2) is 13.7. The highest BCUT2D eigenvalue weighted by Crippen LogP contribution is 2.36. The van der Waals surface area contributed by atoms with Gasteiger partial charge < -0.3 is 29.8 Å². The van der Waals surface area contributed by atoms with Crippen molar-refractivity contribution in [2.24, 2.45) is 23.5 Å². The van der Waals surface area contributed by atoms with Crippen LogP contribution in [-0.4, -0.2) is 47.9 Å². The van der Waals surface area contributed by atoms with Gasteiger partial charge in [0, 0.05) is 5.92 Å². The van der Waals surface area contributed by atoms with Crippen LogP contribution in [0.1, 0.15) is 66.4 Å². The van der Waals surface area contributed by atoms with E-state index >= 15 is 0 Å². The van der Waals surface area contributed by atoms with Crippen molar-refractivity contribution in [3.05, 3.63) is 23.8 Å². The number of nitrogens with two attached hydrogens (primary N) is 1. The van der Waals surface area contributed by atoms with Crippen LogP contribution >= 0.6 is 0 Å². The summed E-state index contributed by atoms with van der Waals surface area (Å²) in [5.74, 6) is -4.66. The second-order valence-electron chi connectivity index (χ2n) is 9.12. The fourth-order valence-electron chi connectivity index (χ4n) is 2.98. The van der Waals surface area contributed by atoms with Crippen molar-refractivity contribution in [3.8, 4) is 11.5 Å². The molecule has 0 spiro atoms. The van der Waals surface area contributed by atoms with Gasteiger partial charge >= 0.3 is 24.1 Å². The number of rotatable bonds is 12. The molecule has 35 heavy (non-hydrogen) atoms. The molecule has 0 radical (unpaired) electrons. The van der Waals surface area contributed by atoms with Gasteiger partial charge in [0.2, 0.25) is 0 Å². The number of aliphatic carboxylic acids is 1. The van der Waals surface area contributed by atoms with E-state index in [-0.39, 0.29) is 24.2 Å². The smallest absolute Gasteiger partial charge is 0.480 e. The minimum atomic E-state index is -1.36. The molecule has 0 saturated heterocycles. The standard InChI is InChI=1S/C25H37NO9/c1-8-16(7)33-25(31)32-12-15(6)20(21(26)22(27)28)17-9-10-18(34-23(29)13(2)3)19(11-17)35-24(30)14(4)5/h9-11,13-16,20-21H,8,12,26H2,1-7H3,(H,27,28)/t15?,16?,20?,21-/m0/s1. The first-order valence-electron chi connectivity index (χ1n) is 11.7. The average molecular weight is 496 g/mol. The Bertz CT molecular complexity index is 897. The van der Waals surface area contributed by atoms with Gasteiger partial charge in [0.05, 0.1) is 18.4 Å². The lowest BCUT2D eigenvalue weighted by molar-refractivity contribution is -0.140. The largest absolute Gasteiger partial charge is 0.508 e. The van der Waals surface area contributed by atoms with E-state index in [0.717, 1.165) is 0 Å². The summed E-state index contributed by atoms with van der Waals surface area (Å²) in [6, 6.07) is 3.02. The van der Waals surface area contributed by atoms with E-state index in [0.29, 0.717) is 12.0 Å². The number of carbonyl (C=O) groups excluding carboxylic acids is 3. The van der Waals surface area contributed by atoms with E-state index in [1.807, 2.05) is 6.92 Å². The highest BCUT2D eigenvalue weighted by atomic mass is 16.7. The number of carboxylic acid groups (broad SMARTS) is 1. The van der Waals surface area contributed by atoms with E-state index in [2.05, 4.69) is 0 Å². The third-order valence-electron chi connectivity index (χ3n) is 5.34. The van der Waals surface area contributed by atoms with Gasteiger partial charge in [0.1, 0.15) is 12.1 Å². The van der Waals surface area contributed by atoms with Crippen molar-refractivity contribution in [1.29, 1.82) is 0 Å². The molecule has 3 N–H and O–H groups in total. The normalized spacial score (nSPS) is 14.6. The van der Waals surface area contributed by atoms with E-state index < -0.39 is 53.8 Å². The number of hydrogen-bond donors (Lipinski definition) is 2. The van der Waals surface area contributed by atoms with Crippen LogP contribution in [0.4, 0.5) is 4.79 Å². The van der Waals surface area contributed by atoms with Crippen molar-refractivity contribution in [2.75, 3.05) is 6.61 Å². The molecule has 1 rings (SSSR count). The zero-order valence-corrected chi connectivity index (χ0v) is 21.4. The molecule has 0 fully saturated rings. The summed E-state index contributed by atoms with van der Waals surface area (Å²) in [6.45, 7) is 11.7. The molecule has 196 valence electrons. The molecule has 0 amide bonds. The minimum Gasteiger partial charge on any atom is -0.480 e. The van der Waals surface area contributed by atoms with Crippen LogP contribution in [0.2, 0.25) is 0 Å². The van der Waals surface area contributed by atoms with Crippen molar-refractivity contribution < 1.29 is 43.2 Å². The van der Waals surface area contributed by atoms with Gasteiger partial charge in [-0.05, 0) is 37.0 Å². The molecule has 4 atom stereocenters. The molecule has 10 heteroatoms.